The Morgan fingerprint density at radius 2 is 2.11 bits per heavy atom. The summed E-state index contributed by atoms with van der Waals surface area (Å²) in [6.45, 7) is 10.5. The molecule has 7 heteroatoms. The van der Waals surface area contributed by atoms with Crippen LogP contribution in [0.15, 0.2) is 33.9 Å². The van der Waals surface area contributed by atoms with Gasteiger partial charge in [0.05, 0.1) is 6.54 Å². The van der Waals surface area contributed by atoms with Crippen molar-refractivity contribution in [2.45, 2.75) is 46.5 Å². The molecule has 0 saturated heterocycles. The van der Waals surface area contributed by atoms with Gasteiger partial charge in [0.2, 0.25) is 5.89 Å². The van der Waals surface area contributed by atoms with Gasteiger partial charge >= 0.3 is 0 Å². The Balaban J connectivity index is 1.52. The molecule has 0 bridgehead atoms. The lowest BCUT2D eigenvalue weighted by atomic mass is 10.1. The molecule has 0 unspecified atom stereocenters. The van der Waals surface area contributed by atoms with Gasteiger partial charge in [0.1, 0.15) is 0 Å². The van der Waals surface area contributed by atoms with Crippen LogP contribution in [0.4, 0.5) is 0 Å². The van der Waals surface area contributed by atoms with Gasteiger partial charge in [-0.3, -0.25) is 4.99 Å². The highest BCUT2D eigenvalue weighted by Gasteiger charge is 2.09. The third-order valence-electron chi connectivity index (χ3n) is 4.55. The minimum absolute atomic E-state index is 0.272. The normalized spacial score (nSPS) is 12.1. The van der Waals surface area contributed by atoms with Gasteiger partial charge in [-0.05, 0) is 37.5 Å². The summed E-state index contributed by atoms with van der Waals surface area (Å²) >= 11 is 0. The molecule has 2 heterocycles. The average Bonchev–Trinajstić information content (AvgIpc) is 3.29. The smallest absolute Gasteiger partial charge is 0.228 e. The van der Waals surface area contributed by atoms with Crippen LogP contribution in [0.25, 0.3) is 10.9 Å². The van der Waals surface area contributed by atoms with Crippen molar-refractivity contribution in [1.29, 1.82) is 0 Å². The minimum Gasteiger partial charge on any atom is -0.361 e. The van der Waals surface area contributed by atoms with Crippen LogP contribution in [0.3, 0.4) is 0 Å². The van der Waals surface area contributed by atoms with Crippen LogP contribution in [-0.2, 0) is 12.8 Å². The summed E-state index contributed by atoms with van der Waals surface area (Å²) in [6, 6.07) is 6.52. The van der Waals surface area contributed by atoms with E-state index in [9.17, 15) is 0 Å². The summed E-state index contributed by atoms with van der Waals surface area (Å²) in [5, 5.41) is 12.0. The second kappa shape index (κ2) is 9.39. The predicted molar refractivity (Wildman–Crippen MR) is 113 cm³/mol. The fourth-order valence-corrected chi connectivity index (χ4v) is 3.03. The number of fused-ring (bicyclic) bond motifs is 1. The third-order valence-corrected chi connectivity index (χ3v) is 4.55. The summed E-state index contributed by atoms with van der Waals surface area (Å²) in [5.41, 5.74) is 3.77. The maximum Gasteiger partial charge on any atom is 0.228 e. The van der Waals surface area contributed by atoms with Crippen LogP contribution >= 0.6 is 0 Å². The largest absolute Gasteiger partial charge is 0.361 e. The first-order chi connectivity index (χ1) is 13.6. The number of H-pyrrole nitrogens is 1. The maximum absolute atomic E-state index is 5.27. The molecule has 0 aliphatic carbocycles. The Bertz CT molecular complexity index is 924. The molecule has 3 rings (SSSR count). The first-order valence-corrected chi connectivity index (χ1v) is 9.98. The molecule has 0 fully saturated rings. The number of nitrogens with one attached hydrogen (secondary N) is 3. The van der Waals surface area contributed by atoms with Crippen molar-refractivity contribution in [3.05, 3.63) is 47.2 Å². The number of guanidine groups is 1. The lowest BCUT2D eigenvalue weighted by Gasteiger charge is -2.10. The molecule has 0 saturated carbocycles. The van der Waals surface area contributed by atoms with Crippen molar-refractivity contribution in [3.63, 3.8) is 0 Å². The lowest BCUT2D eigenvalue weighted by Crippen LogP contribution is -2.38. The molecule has 7 nitrogen and oxygen atoms in total. The van der Waals surface area contributed by atoms with E-state index in [4.69, 9.17) is 4.52 Å². The highest BCUT2D eigenvalue weighted by atomic mass is 16.5. The van der Waals surface area contributed by atoms with E-state index < -0.39 is 0 Å². The Hall–Kier alpha value is -2.83. The molecule has 3 aromatic rings. The summed E-state index contributed by atoms with van der Waals surface area (Å²) in [7, 11) is 0. The molecule has 1 aromatic carbocycles. The number of aromatic amines is 1. The monoisotopic (exact) mass is 382 g/mol. The van der Waals surface area contributed by atoms with Crippen LogP contribution in [0.1, 0.15) is 49.5 Å². The third kappa shape index (κ3) is 5.12. The summed E-state index contributed by atoms with van der Waals surface area (Å²) in [4.78, 5) is 12.4. The van der Waals surface area contributed by atoms with Crippen molar-refractivity contribution >= 4 is 16.9 Å². The molecule has 150 valence electrons. The second-order valence-corrected chi connectivity index (χ2v) is 7.25. The summed E-state index contributed by atoms with van der Waals surface area (Å²) < 4.78 is 5.27. The maximum atomic E-state index is 5.27. The molecular weight excluding hydrogens is 352 g/mol. The highest BCUT2D eigenvalue weighted by molar-refractivity contribution is 5.84. The molecule has 0 spiro atoms. The number of aromatic nitrogens is 3. The first-order valence-electron chi connectivity index (χ1n) is 9.98. The van der Waals surface area contributed by atoms with Gasteiger partial charge in [-0.1, -0.05) is 31.1 Å². The number of nitrogens with zero attached hydrogens (tertiary/aromatic N) is 3. The fourth-order valence-electron chi connectivity index (χ4n) is 3.03. The zero-order valence-corrected chi connectivity index (χ0v) is 17.2. The number of aryl methyl sites for hydroxylation is 1. The molecule has 0 aliphatic rings. The van der Waals surface area contributed by atoms with E-state index in [-0.39, 0.29) is 5.92 Å². The topological polar surface area (TPSA) is 91.1 Å². The number of hydrogen-bond acceptors (Lipinski definition) is 4. The first kappa shape index (κ1) is 19.9. The van der Waals surface area contributed by atoms with Crippen molar-refractivity contribution < 1.29 is 4.52 Å². The van der Waals surface area contributed by atoms with E-state index in [0.717, 1.165) is 31.3 Å². The average molecular weight is 383 g/mol. The Labute approximate surface area is 166 Å². The van der Waals surface area contributed by atoms with Gasteiger partial charge in [-0.15, -0.1) is 0 Å². The van der Waals surface area contributed by atoms with Crippen LogP contribution < -0.4 is 10.6 Å². The lowest BCUT2D eigenvalue weighted by molar-refractivity contribution is 0.372. The number of rotatable bonds is 8. The van der Waals surface area contributed by atoms with E-state index in [1.807, 2.05) is 0 Å². The van der Waals surface area contributed by atoms with Gasteiger partial charge in [-0.2, -0.15) is 4.98 Å². The van der Waals surface area contributed by atoms with E-state index in [2.05, 4.69) is 82.8 Å². The quantitative estimate of drug-likeness (QED) is 0.411. The zero-order valence-electron chi connectivity index (χ0n) is 17.2. The Kier molecular flexibility index (Phi) is 6.68. The number of hydrogen-bond donors (Lipinski definition) is 3. The van der Waals surface area contributed by atoms with Gasteiger partial charge in [0, 0.05) is 42.5 Å². The van der Waals surface area contributed by atoms with Crippen LogP contribution in [0.5, 0.6) is 0 Å². The predicted octanol–water partition coefficient (Wildman–Crippen LogP) is 3.32. The van der Waals surface area contributed by atoms with Gasteiger partial charge in [-0.25, -0.2) is 0 Å². The molecule has 2 aromatic heterocycles. The van der Waals surface area contributed by atoms with Crippen molar-refractivity contribution in [2.75, 3.05) is 19.6 Å². The van der Waals surface area contributed by atoms with E-state index >= 15 is 0 Å². The minimum atomic E-state index is 0.272. The second-order valence-electron chi connectivity index (χ2n) is 7.25. The molecule has 0 atom stereocenters. The van der Waals surface area contributed by atoms with E-state index in [0.29, 0.717) is 18.9 Å². The van der Waals surface area contributed by atoms with Gasteiger partial charge in [0.25, 0.3) is 0 Å². The summed E-state index contributed by atoms with van der Waals surface area (Å²) in [6.07, 6.45) is 3.66. The number of aliphatic imine (C=N–C) groups is 1. The molecule has 0 aliphatic heterocycles. The molecule has 0 radical (unpaired) electrons. The van der Waals surface area contributed by atoms with E-state index in [1.165, 1.54) is 22.0 Å². The standard InChI is InChI=1S/C21H30N6O/c1-5-22-21(24-11-9-19-26-20(14(2)3)27-28-19)23-10-8-16-13-25-18-12-15(4)6-7-17(16)18/h6-7,12-14,25H,5,8-11H2,1-4H3,(H2,22,23,24). The SMILES string of the molecule is CCNC(=NCCc1nc(C(C)C)no1)NCCc1c[nH]c2cc(C)ccc12. The molecule has 28 heavy (non-hydrogen) atoms. The Morgan fingerprint density at radius 3 is 2.86 bits per heavy atom. The fraction of sp³-hybridized carbons (Fsp3) is 0.476. The van der Waals surface area contributed by atoms with Crippen LogP contribution in [0, 0.1) is 6.92 Å². The van der Waals surface area contributed by atoms with E-state index in [1.54, 1.807) is 0 Å². The van der Waals surface area contributed by atoms with Gasteiger partial charge in [0.15, 0.2) is 11.8 Å². The van der Waals surface area contributed by atoms with Crippen molar-refractivity contribution in [1.82, 2.24) is 25.8 Å². The van der Waals surface area contributed by atoms with Crippen molar-refractivity contribution in [3.8, 4) is 0 Å². The van der Waals surface area contributed by atoms with Crippen LogP contribution in [0.2, 0.25) is 0 Å². The highest BCUT2D eigenvalue weighted by Crippen LogP contribution is 2.19. The molecule has 3 N–H and O–H groups in total. The Morgan fingerprint density at radius 1 is 1.25 bits per heavy atom. The van der Waals surface area contributed by atoms with Crippen molar-refractivity contribution in [2.24, 2.45) is 4.99 Å². The number of benzene rings is 1. The summed E-state index contributed by atoms with van der Waals surface area (Å²) in [5.74, 6) is 2.46. The van der Waals surface area contributed by atoms with Crippen LogP contribution in [-0.4, -0.2) is 40.7 Å². The molecular formula is C21H30N6O. The molecule has 0 amide bonds. The zero-order chi connectivity index (χ0) is 19.9. The van der Waals surface area contributed by atoms with Gasteiger partial charge < -0.3 is 20.1 Å².